The second-order valence-corrected chi connectivity index (χ2v) is 9.89. The highest BCUT2D eigenvalue weighted by molar-refractivity contribution is 7.89. The number of benzene rings is 2. The molecule has 7 heteroatoms. The first-order valence-electron chi connectivity index (χ1n) is 10.1. The lowest BCUT2D eigenvalue weighted by molar-refractivity contribution is 0.180. The quantitative estimate of drug-likeness (QED) is 0.622. The Morgan fingerprint density at radius 2 is 1.60 bits per heavy atom. The largest absolute Gasteiger partial charge is 0.444 e. The Labute approximate surface area is 178 Å². The van der Waals surface area contributed by atoms with E-state index in [9.17, 15) is 8.42 Å². The van der Waals surface area contributed by atoms with Gasteiger partial charge in [-0.05, 0) is 44.5 Å². The van der Waals surface area contributed by atoms with Crippen molar-refractivity contribution in [2.75, 3.05) is 26.2 Å². The number of nitrogens with zero attached hydrogens (tertiary/aromatic N) is 3. The van der Waals surface area contributed by atoms with Crippen LogP contribution < -0.4 is 0 Å². The fourth-order valence-corrected chi connectivity index (χ4v) is 5.20. The first-order chi connectivity index (χ1) is 14.3. The van der Waals surface area contributed by atoms with Gasteiger partial charge < -0.3 is 4.42 Å². The Hall–Kier alpha value is -2.48. The molecule has 0 atom stereocenters. The van der Waals surface area contributed by atoms with Crippen molar-refractivity contribution in [3.8, 4) is 11.5 Å². The molecule has 1 aliphatic rings. The molecule has 1 aliphatic heterocycles. The number of aromatic nitrogens is 1. The fraction of sp³-hybridized carbons (Fsp3) is 0.348. The van der Waals surface area contributed by atoms with E-state index in [4.69, 9.17) is 4.42 Å². The molecule has 0 saturated carbocycles. The summed E-state index contributed by atoms with van der Waals surface area (Å²) < 4.78 is 33.0. The van der Waals surface area contributed by atoms with Gasteiger partial charge in [0.25, 0.3) is 0 Å². The van der Waals surface area contributed by atoms with E-state index in [1.165, 1.54) is 5.56 Å². The summed E-state index contributed by atoms with van der Waals surface area (Å²) in [5.74, 6) is 0.628. The molecule has 3 aromatic rings. The predicted molar refractivity (Wildman–Crippen MR) is 117 cm³/mol. The molecule has 0 bridgehead atoms. The second-order valence-electron chi connectivity index (χ2n) is 7.96. The van der Waals surface area contributed by atoms with E-state index >= 15 is 0 Å². The minimum atomic E-state index is -3.44. The molecule has 1 saturated heterocycles. The van der Waals surface area contributed by atoms with Crippen molar-refractivity contribution in [1.82, 2.24) is 14.2 Å². The normalized spacial score (nSPS) is 16.1. The number of aryl methyl sites for hydroxylation is 3. The first-order valence-corrected chi connectivity index (χ1v) is 11.6. The van der Waals surface area contributed by atoms with Gasteiger partial charge in [0, 0.05) is 38.3 Å². The van der Waals surface area contributed by atoms with Crippen LogP contribution in [0.15, 0.2) is 58.0 Å². The lowest BCUT2D eigenvalue weighted by Gasteiger charge is -2.33. The van der Waals surface area contributed by atoms with E-state index in [1.54, 1.807) is 22.7 Å². The summed E-state index contributed by atoms with van der Waals surface area (Å²) in [5.41, 5.74) is 5.26. The van der Waals surface area contributed by atoms with Crippen LogP contribution in [0, 0.1) is 20.8 Å². The van der Waals surface area contributed by atoms with E-state index in [1.807, 2.05) is 25.1 Å². The van der Waals surface area contributed by atoms with E-state index in [2.05, 4.69) is 35.9 Å². The lowest BCUT2D eigenvalue weighted by atomic mass is 10.1. The smallest absolute Gasteiger partial charge is 0.243 e. The van der Waals surface area contributed by atoms with Crippen molar-refractivity contribution < 1.29 is 12.8 Å². The molecule has 30 heavy (non-hydrogen) atoms. The topological polar surface area (TPSA) is 66.7 Å². The Morgan fingerprint density at radius 3 is 2.27 bits per heavy atom. The van der Waals surface area contributed by atoms with Crippen LogP contribution in [0.1, 0.15) is 22.4 Å². The summed E-state index contributed by atoms with van der Waals surface area (Å²) in [7, 11) is -3.44. The first kappa shape index (κ1) is 20.8. The molecule has 0 spiro atoms. The van der Waals surface area contributed by atoms with E-state index in [0.717, 1.165) is 22.4 Å². The number of rotatable bonds is 5. The SMILES string of the molecule is Cc1ccc(S(=O)(=O)N2CCN(Cc3coc(-c4ccc(C)cc4C)n3)CC2)cc1. The molecule has 4 rings (SSSR count). The maximum Gasteiger partial charge on any atom is 0.243 e. The molecule has 0 aliphatic carbocycles. The van der Waals surface area contributed by atoms with Crippen molar-refractivity contribution >= 4 is 10.0 Å². The third kappa shape index (κ3) is 4.33. The van der Waals surface area contributed by atoms with E-state index in [0.29, 0.717) is 43.5 Å². The van der Waals surface area contributed by atoms with Crippen LogP contribution in [-0.2, 0) is 16.6 Å². The average Bonchev–Trinajstić information content (AvgIpc) is 3.17. The Balaban J connectivity index is 1.38. The van der Waals surface area contributed by atoms with Gasteiger partial charge in [-0.1, -0.05) is 35.4 Å². The van der Waals surface area contributed by atoms with Crippen molar-refractivity contribution in [2.24, 2.45) is 0 Å². The van der Waals surface area contributed by atoms with Gasteiger partial charge in [-0.15, -0.1) is 0 Å². The predicted octanol–water partition coefficient (Wildman–Crippen LogP) is 3.77. The molecule has 2 aromatic carbocycles. The van der Waals surface area contributed by atoms with Crippen molar-refractivity contribution in [1.29, 1.82) is 0 Å². The minimum absolute atomic E-state index is 0.358. The summed E-state index contributed by atoms with van der Waals surface area (Å²) in [4.78, 5) is 7.22. The van der Waals surface area contributed by atoms with Gasteiger partial charge in [-0.3, -0.25) is 4.90 Å². The molecule has 0 amide bonds. The van der Waals surface area contributed by atoms with Gasteiger partial charge in [-0.2, -0.15) is 4.31 Å². The molecule has 0 unspecified atom stereocenters. The zero-order valence-electron chi connectivity index (χ0n) is 17.6. The van der Waals surface area contributed by atoms with Crippen LogP contribution in [0.25, 0.3) is 11.5 Å². The van der Waals surface area contributed by atoms with Crippen LogP contribution in [0.3, 0.4) is 0 Å². The van der Waals surface area contributed by atoms with Crippen LogP contribution in [-0.4, -0.2) is 48.8 Å². The molecular formula is C23H27N3O3S. The Bertz CT molecular complexity index is 1130. The summed E-state index contributed by atoms with van der Waals surface area (Å²) in [5, 5.41) is 0. The summed E-state index contributed by atoms with van der Waals surface area (Å²) in [6.45, 7) is 8.98. The van der Waals surface area contributed by atoms with Crippen molar-refractivity contribution in [2.45, 2.75) is 32.2 Å². The summed E-state index contributed by atoms with van der Waals surface area (Å²) in [6, 6.07) is 13.2. The monoisotopic (exact) mass is 425 g/mol. The highest BCUT2D eigenvalue weighted by Crippen LogP contribution is 2.24. The fourth-order valence-electron chi connectivity index (χ4n) is 3.77. The van der Waals surface area contributed by atoms with Crippen molar-refractivity contribution in [3.05, 3.63) is 71.1 Å². The van der Waals surface area contributed by atoms with E-state index < -0.39 is 10.0 Å². The van der Waals surface area contributed by atoms with Gasteiger partial charge in [0.2, 0.25) is 15.9 Å². The van der Waals surface area contributed by atoms with Crippen molar-refractivity contribution in [3.63, 3.8) is 0 Å². The standard InChI is InChI=1S/C23H27N3O3S/c1-17-4-7-21(8-5-17)30(27,28)26-12-10-25(11-13-26)15-20-16-29-23(24-20)22-9-6-18(2)14-19(22)3/h4-9,14,16H,10-13,15H2,1-3H3. The second kappa shape index (κ2) is 8.34. The molecule has 0 N–H and O–H groups in total. The van der Waals surface area contributed by atoms with Crippen LogP contribution in [0.2, 0.25) is 0 Å². The van der Waals surface area contributed by atoms with Gasteiger partial charge >= 0.3 is 0 Å². The molecule has 158 valence electrons. The molecular weight excluding hydrogens is 398 g/mol. The number of sulfonamides is 1. The van der Waals surface area contributed by atoms with Crippen LogP contribution >= 0.6 is 0 Å². The third-order valence-corrected chi connectivity index (χ3v) is 7.45. The average molecular weight is 426 g/mol. The Kier molecular flexibility index (Phi) is 5.77. The molecule has 6 nitrogen and oxygen atoms in total. The highest BCUT2D eigenvalue weighted by Gasteiger charge is 2.28. The molecule has 0 radical (unpaired) electrons. The highest BCUT2D eigenvalue weighted by atomic mass is 32.2. The van der Waals surface area contributed by atoms with Crippen LogP contribution in [0.5, 0.6) is 0 Å². The summed E-state index contributed by atoms with van der Waals surface area (Å²) in [6.07, 6.45) is 1.70. The zero-order chi connectivity index (χ0) is 21.3. The number of oxazole rings is 1. The maximum atomic E-state index is 12.9. The minimum Gasteiger partial charge on any atom is -0.444 e. The maximum absolute atomic E-state index is 12.9. The number of hydrogen-bond acceptors (Lipinski definition) is 5. The van der Waals surface area contributed by atoms with E-state index in [-0.39, 0.29) is 0 Å². The molecule has 1 aromatic heterocycles. The summed E-state index contributed by atoms with van der Waals surface area (Å²) >= 11 is 0. The van der Waals surface area contributed by atoms with Gasteiger partial charge in [0.05, 0.1) is 10.6 Å². The Morgan fingerprint density at radius 1 is 0.933 bits per heavy atom. The molecule has 2 heterocycles. The lowest BCUT2D eigenvalue weighted by Crippen LogP contribution is -2.48. The van der Waals surface area contributed by atoms with Gasteiger partial charge in [0.15, 0.2) is 0 Å². The third-order valence-electron chi connectivity index (χ3n) is 5.54. The number of piperazine rings is 1. The zero-order valence-corrected chi connectivity index (χ0v) is 18.4. The van der Waals surface area contributed by atoms with Crippen LogP contribution in [0.4, 0.5) is 0 Å². The van der Waals surface area contributed by atoms with Gasteiger partial charge in [-0.25, -0.2) is 13.4 Å². The number of hydrogen-bond donors (Lipinski definition) is 0. The molecule has 1 fully saturated rings. The van der Waals surface area contributed by atoms with Gasteiger partial charge in [0.1, 0.15) is 6.26 Å².